The van der Waals surface area contributed by atoms with Gasteiger partial charge < -0.3 is 14.2 Å². The highest BCUT2D eigenvalue weighted by molar-refractivity contribution is 4.90. The smallest absolute Gasteiger partial charge is 0.188 e. The first kappa shape index (κ1) is 8.97. The molecule has 0 aromatic rings. The molecule has 1 aliphatic rings. The molecule has 1 aliphatic heterocycles. The number of epoxide rings is 1. The number of hydrogen-bond donors (Lipinski definition) is 0. The largest absolute Gasteiger partial charge is 0.364 e. The molecule has 66 valence electrons. The highest BCUT2D eigenvalue weighted by Crippen LogP contribution is 2.32. The van der Waals surface area contributed by atoms with E-state index in [-0.39, 0.29) is 11.9 Å². The third kappa shape index (κ3) is 2.15. The first-order chi connectivity index (χ1) is 5.23. The summed E-state index contributed by atoms with van der Waals surface area (Å²) < 4.78 is 15.9. The third-order valence-electron chi connectivity index (χ3n) is 1.73. The second-order valence-corrected chi connectivity index (χ2v) is 2.84. The summed E-state index contributed by atoms with van der Waals surface area (Å²) in [6.07, 6.45) is -0.183. The molecule has 0 aliphatic carbocycles. The van der Waals surface area contributed by atoms with Crippen LogP contribution in [0.1, 0.15) is 20.8 Å². The van der Waals surface area contributed by atoms with Crippen LogP contribution in [0.15, 0.2) is 0 Å². The minimum absolute atomic E-state index is 0.175. The van der Waals surface area contributed by atoms with Gasteiger partial charge in [0.05, 0.1) is 6.61 Å². The van der Waals surface area contributed by atoms with E-state index in [4.69, 9.17) is 14.2 Å². The van der Waals surface area contributed by atoms with Gasteiger partial charge in [-0.15, -0.1) is 0 Å². The van der Waals surface area contributed by atoms with E-state index in [0.717, 1.165) is 6.61 Å². The van der Waals surface area contributed by atoms with Crippen molar-refractivity contribution in [2.24, 2.45) is 0 Å². The van der Waals surface area contributed by atoms with Gasteiger partial charge in [-0.1, -0.05) is 0 Å². The number of rotatable bonds is 5. The molecule has 3 nitrogen and oxygen atoms in total. The molecule has 1 saturated heterocycles. The van der Waals surface area contributed by atoms with Crippen LogP contribution in [0.5, 0.6) is 0 Å². The second-order valence-electron chi connectivity index (χ2n) is 2.84. The molecular weight excluding hydrogens is 144 g/mol. The highest BCUT2D eigenvalue weighted by Gasteiger charge is 2.48. The van der Waals surface area contributed by atoms with Crippen molar-refractivity contribution in [2.45, 2.75) is 32.7 Å². The minimum Gasteiger partial charge on any atom is -0.364 e. The van der Waals surface area contributed by atoms with Gasteiger partial charge in [0.25, 0.3) is 0 Å². The van der Waals surface area contributed by atoms with Crippen molar-refractivity contribution >= 4 is 0 Å². The fourth-order valence-corrected chi connectivity index (χ4v) is 0.953. The van der Waals surface area contributed by atoms with E-state index in [1.54, 1.807) is 0 Å². The maximum absolute atomic E-state index is 5.36. The lowest BCUT2D eigenvalue weighted by Gasteiger charge is -2.20. The SMILES string of the molecule is CCOC(OCC)[C@@]1(C)CO1. The Kier molecular flexibility index (Phi) is 2.87. The van der Waals surface area contributed by atoms with Crippen LogP contribution in [0, 0.1) is 0 Å². The maximum atomic E-state index is 5.36. The van der Waals surface area contributed by atoms with Crippen LogP contribution in [0.3, 0.4) is 0 Å². The van der Waals surface area contributed by atoms with Gasteiger partial charge in [-0.3, -0.25) is 0 Å². The van der Waals surface area contributed by atoms with E-state index < -0.39 is 0 Å². The number of hydrogen-bond acceptors (Lipinski definition) is 3. The fourth-order valence-electron chi connectivity index (χ4n) is 0.953. The van der Waals surface area contributed by atoms with Crippen LogP contribution in [0.25, 0.3) is 0 Å². The van der Waals surface area contributed by atoms with E-state index in [1.165, 1.54) is 0 Å². The summed E-state index contributed by atoms with van der Waals surface area (Å²) in [5.74, 6) is 0. The quantitative estimate of drug-likeness (QED) is 0.447. The molecule has 1 fully saturated rings. The molecule has 3 heteroatoms. The Morgan fingerprint density at radius 3 is 2.09 bits per heavy atom. The first-order valence-electron chi connectivity index (χ1n) is 4.10. The average molecular weight is 160 g/mol. The lowest BCUT2D eigenvalue weighted by molar-refractivity contribution is -0.169. The second kappa shape index (κ2) is 3.52. The Balaban J connectivity index is 2.32. The summed E-state index contributed by atoms with van der Waals surface area (Å²) in [5, 5.41) is 0. The van der Waals surface area contributed by atoms with Gasteiger partial charge in [0.2, 0.25) is 0 Å². The van der Waals surface area contributed by atoms with E-state index in [0.29, 0.717) is 13.2 Å². The molecule has 1 rings (SSSR count). The molecule has 0 aromatic carbocycles. The summed E-state index contributed by atoms with van der Waals surface area (Å²) >= 11 is 0. The Morgan fingerprint density at radius 1 is 1.36 bits per heavy atom. The summed E-state index contributed by atoms with van der Waals surface area (Å²) in [6.45, 7) is 8.00. The maximum Gasteiger partial charge on any atom is 0.188 e. The van der Waals surface area contributed by atoms with E-state index in [9.17, 15) is 0 Å². The Bertz CT molecular complexity index is 115. The van der Waals surface area contributed by atoms with Gasteiger partial charge in [-0.05, 0) is 20.8 Å². The third-order valence-corrected chi connectivity index (χ3v) is 1.73. The standard InChI is InChI=1S/C8H16O3/c1-4-9-7(10-5-2)8(3)6-11-8/h7H,4-6H2,1-3H3/t8-/m1/s1. The summed E-state index contributed by atoms with van der Waals surface area (Å²) in [7, 11) is 0. The predicted molar refractivity (Wildman–Crippen MR) is 41.4 cm³/mol. The molecule has 0 radical (unpaired) electrons. The fraction of sp³-hybridized carbons (Fsp3) is 1.00. The summed E-state index contributed by atoms with van der Waals surface area (Å²) in [6, 6.07) is 0. The van der Waals surface area contributed by atoms with Crippen molar-refractivity contribution in [3.63, 3.8) is 0 Å². The van der Waals surface area contributed by atoms with Gasteiger partial charge in [-0.25, -0.2) is 0 Å². The van der Waals surface area contributed by atoms with Crippen molar-refractivity contribution in [3.05, 3.63) is 0 Å². The first-order valence-corrected chi connectivity index (χ1v) is 4.10. The summed E-state index contributed by atoms with van der Waals surface area (Å²) in [5.41, 5.74) is -0.175. The van der Waals surface area contributed by atoms with Crippen LogP contribution in [0.2, 0.25) is 0 Å². The van der Waals surface area contributed by atoms with Gasteiger partial charge in [0, 0.05) is 13.2 Å². The Morgan fingerprint density at radius 2 is 1.82 bits per heavy atom. The van der Waals surface area contributed by atoms with Crippen LogP contribution in [-0.4, -0.2) is 31.7 Å². The van der Waals surface area contributed by atoms with Crippen molar-refractivity contribution in [2.75, 3.05) is 19.8 Å². The van der Waals surface area contributed by atoms with E-state index in [1.807, 2.05) is 20.8 Å². The monoisotopic (exact) mass is 160 g/mol. The molecular formula is C8H16O3. The number of ether oxygens (including phenoxy) is 3. The van der Waals surface area contributed by atoms with Gasteiger partial charge in [0.1, 0.15) is 5.60 Å². The lowest BCUT2D eigenvalue weighted by atomic mass is 10.2. The van der Waals surface area contributed by atoms with Crippen molar-refractivity contribution in [1.82, 2.24) is 0 Å². The molecule has 1 heterocycles. The van der Waals surface area contributed by atoms with Crippen LogP contribution < -0.4 is 0 Å². The van der Waals surface area contributed by atoms with Crippen LogP contribution >= 0.6 is 0 Å². The normalized spacial score (nSPS) is 29.5. The zero-order valence-corrected chi connectivity index (χ0v) is 7.42. The molecule has 0 unspecified atom stereocenters. The van der Waals surface area contributed by atoms with Gasteiger partial charge >= 0.3 is 0 Å². The van der Waals surface area contributed by atoms with Crippen LogP contribution in [0.4, 0.5) is 0 Å². The topological polar surface area (TPSA) is 31.0 Å². The van der Waals surface area contributed by atoms with E-state index in [2.05, 4.69) is 0 Å². The molecule has 0 bridgehead atoms. The molecule has 0 amide bonds. The summed E-state index contributed by atoms with van der Waals surface area (Å²) in [4.78, 5) is 0. The minimum atomic E-state index is -0.183. The Hall–Kier alpha value is -0.120. The molecule has 0 N–H and O–H groups in total. The predicted octanol–water partition coefficient (Wildman–Crippen LogP) is 1.17. The van der Waals surface area contributed by atoms with Gasteiger partial charge in [-0.2, -0.15) is 0 Å². The zero-order valence-electron chi connectivity index (χ0n) is 7.42. The van der Waals surface area contributed by atoms with Gasteiger partial charge in [0.15, 0.2) is 6.29 Å². The van der Waals surface area contributed by atoms with Crippen molar-refractivity contribution in [3.8, 4) is 0 Å². The van der Waals surface area contributed by atoms with E-state index >= 15 is 0 Å². The molecule has 1 atom stereocenters. The van der Waals surface area contributed by atoms with Crippen LogP contribution in [-0.2, 0) is 14.2 Å². The average Bonchev–Trinajstić information content (AvgIpc) is 2.69. The lowest BCUT2D eigenvalue weighted by Crippen LogP contribution is -2.32. The highest BCUT2D eigenvalue weighted by atomic mass is 16.7. The molecule has 0 aromatic heterocycles. The molecule has 0 spiro atoms. The Labute approximate surface area is 67.6 Å². The zero-order chi connectivity index (χ0) is 8.32. The van der Waals surface area contributed by atoms with Crippen molar-refractivity contribution < 1.29 is 14.2 Å². The molecule has 0 saturated carbocycles. The molecule has 11 heavy (non-hydrogen) atoms. The van der Waals surface area contributed by atoms with Crippen molar-refractivity contribution in [1.29, 1.82) is 0 Å².